The molecule has 2 amide bonds. The van der Waals surface area contributed by atoms with Gasteiger partial charge < -0.3 is 10.6 Å². The van der Waals surface area contributed by atoms with E-state index in [0.29, 0.717) is 16.8 Å². The fourth-order valence-electron chi connectivity index (χ4n) is 3.19. The van der Waals surface area contributed by atoms with Crippen molar-refractivity contribution in [3.63, 3.8) is 0 Å². The summed E-state index contributed by atoms with van der Waals surface area (Å²) in [4.78, 5) is 24.2. The Kier molecular flexibility index (Phi) is 7.40. The molecule has 6 nitrogen and oxygen atoms in total. The number of halogens is 1. The number of hydrogen-bond acceptors (Lipinski definition) is 4. The number of carbonyl (C=O) groups excluding carboxylic acids is 2. The first kappa shape index (κ1) is 23.9. The first-order chi connectivity index (χ1) is 15.7. The number of para-hydroxylation sites is 1. The molecule has 0 aromatic heterocycles. The van der Waals surface area contributed by atoms with Crippen LogP contribution < -0.4 is 10.6 Å². The fourth-order valence-corrected chi connectivity index (χ4v) is 4.08. The van der Waals surface area contributed by atoms with Gasteiger partial charge in [0, 0.05) is 22.5 Å². The smallest absolute Gasteiger partial charge is 0.247 e. The Hall–Kier alpha value is -3.78. The molecule has 0 unspecified atom stereocenters. The Morgan fingerprint density at radius 1 is 0.970 bits per heavy atom. The van der Waals surface area contributed by atoms with Gasteiger partial charge in [0.2, 0.25) is 11.8 Å². The monoisotopic (exact) mass is 466 g/mol. The molecule has 0 heterocycles. The Morgan fingerprint density at radius 2 is 1.67 bits per heavy atom. The lowest BCUT2D eigenvalue weighted by molar-refractivity contribution is -0.115. The van der Waals surface area contributed by atoms with Crippen LogP contribution >= 0.6 is 0 Å². The number of sulfone groups is 1. The van der Waals surface area contributed by atoms with Crippen LogP contribution in [0.15, 0.2) is 84.3 Å². The second kappa shape index (κ2) is 10.2. The number of carbonyl (C=O) groups is 2. The number of anilines is 2. The van der Waals surface area contributed by atoms with Crippen LogP contribution in [0.2, 0.25) is 0 Å². The Balaban J connectivity index is 1.73. The molecule has 3 rings (SSSR count). The number of nitrogens with one attached hydrogen (secondary N) is 2. The molecule has 0 aliphatic carbocycles. The van der Waals surface area contributed by atoms with E-state index in [-0.39, 0.29) is 34.2 Å². The van der Waals surface area contributed by atoms with Gasteiger partial charge in [0.25, 0.3) is 0 Å². The van der Waals surface area contributed by atoms with Crippen molar-refractivity contribution in [3.05, 3.63) is 90.8 Å². The third-order valence-corrected chi connectivity index (χ3v) is 6.69. The van der Waals surface area contributed by atoms with Gasteiger partial charge in [-0.15, -0.1) is 0 Å². The van der Waals surface area contributed by atoms with E-state index in [4.69, 9.17) is 0 Å². The molecule has 0 saturated heterocycles. The van der Waals surface area contributed by atoms with E-state index < -0.39 is 21.6 Å². The maximum absolute atomic E-state index is 14.9. The van der Waals surface area contributed by atoms with E-state index in [2.05, 4.69) is 17.2 Å². The van der Waals surface area contributed by atoms with Gasteiger partial charge in [0.15, 0.2) is 9.84 Å². The van der Waals surface area contributed by atoms with Crippen molar-refractivity contribution in [1.82, 2.24) is 0 Å². The van der Waals surface area contributed by atoms with Crippen molar-refractivity contribution in [2.75, 3.05) is 16.4 Å². The van der Waals surface area contributed by atoms with Gasteiger partial charge in [-0.25, -0.2) is 12.8 Å². The zero-order chi connectivity index (χ0) is 24.0. The van der Waals surface area contributed by atoms with Gasteiger partial charge in [0.05, 0.1) is 17.1 Å². The average Bonchev–Trinajstić information content (AvgIpc) is 2.80. The first-order valence-corrected chi connectivity index (χ1v) is 11.8. The fraction of sp³-hybridized carbons (Fsp3) is 0.120. The molecular weight excluding hydrogens is 443 g/mol. The molecule has 0 radical (unpaired) electrons. The van der Waals surface area contributed by atoms with Crippen LogP contribution in [0.5, 0.6) is 0 Å². The predicted molar refractivity (Wildman–Crippen MR) is 127 cm³/mol. The summed E-state index contributed by atoms with van der Waals surface area (Å²) in [6.45, 7) is 4.98. The molecule has 3 aromatic carbocycles. The zero-order valence-electron chi connectivity index (χ0n) is 18.0. The van der Waals surface area contributed by atoms with Crippen molar-refractivity contribution >= 4 is 33.0 Å². The van der Waals surface area contributed by atoms with Crippen LogP contribution in [-0.2, 0) is 25.8 Å². The van der Waals surface area contributed by atoms with E-state index in [1.807, 2.05) is 0 Å². The zero-order valence-corrected chi connectivity index (χ0v) is 18.8. The van der Waals surface area contributed by atoms with E-state index in [1.54, 1.807) is 49.4 Å². The normalized spacial score (nSPS) is 11.0. The quantitative estimate of drug-likeness (QED) is 0.475. The molecule has 2 N–H and O–H groups in total. The Morgan fingerprint density at radius 3 is 2.30 bits per heavy atom. The first-order valence-electron chi connectivity index (χ1n) is 10.2. The lowest BCUT2D eigenvalue weighted by Crippen LogP contribution is -2.14. The Labute approximate surface area is 192 Å². The summed E-state index contributed by atoms with van der Waals surface area (Å²) >= 11 is 0. The van der Waals surface area contributed by atoms with Crippen LogP contribution in [0, 0.1) is 5.82 Å². The SMILES string of the molecule is C=CC(=O)Nc1ccccc1-c1ccc(NC(=O)Cc2ccc(S(=O)(=O)CC)cc2)cc1F. The maximum Gasteiger partial charge on any atom is 0.247 e. The molecule has 33 heavy (non-hydrogen) atoms. The number of rotatable bonds is 8. The largest absolute Gasteiger partial charge is 0.326 e. The summed E-state index contributed by atoms with van der Waals surface area (Å²) in [6.07, 6.45) is 1.13. The standard InChI is InChI=1S/C25H23FN2O4S/c1-3-24(29)28-23-8-6-5-7-21(23)20-14-11-18(16-22(20)26)27-25(30)15-17-9-12-19(13-10-17)33(31,32)4-2/h3,5-14,16H,1,4,15H2,2H3,(H,27,30)(H,28,29). The number of hydrogen-bond donors (Lipinski definition) is 2. The molecule has 0 bridgehead atoms. The molecule has 0 fully saturated rings. The van der Waals surface area contributed by atoms with Crippen molar-refractivity contribution in [3.8, 4) is 11.1 Å². The van der Waals surface area contributed by atoms with E-state index in [1.165, 1.54) is 24.3 Å². The third-order valence-electron chi connectivity index (χ3n) is 4.94. The highest BCUT2D eigenvalue weighted by Crippen LogP contribution is 2.31. The minimum absolute atomic E-state index is 0.000503. The van der Waals surface area contributed by atoms with Crippen molar-refractivity contribution in [1.29, 1.82) is 0 Å². The van der Waals surface area contributed by atoms with E-state index >= 15 is 0 Å². The summed E-state index contributed by atoms with van der Waals surface area (Å²) in [5.74, 6) is -1.35. The maximum atomic E-state index is 14.9. The Bertz CT molecular complexity index is 1300. The molecule has 3 aromatic rings. The van der Waals surface area contributed by atoms with Crippen molar-refractivity contribution in [2.45, 2.75) is 18.2 Å². The molecule has 0 atom stereocenters. The third kappa shape index (κ3) is 5.93. The minimum Gasteiger partial charge on any atom is -0.326 e. The topological polar surface area (TPSA) is 92.3 Å². The van der Waals surface area contributed by atoms with Gasteiger partial charge >= 0.3 is 0 Å². The highest BCUT2D eigenvalue weighted by Gasteiger charge is 2.14. The van der Waals surface area contributed by atoms with Crippen LogP contribution in [0.3, 0.4) is 0 Å². The molecule has 0 aliphatic heterocycles. The number of amides is 2. The van der Waals surface area contributed by atoms with Crippen LogP contribution in [0.1, 0.15) is 12.5 Å². The lowest BCUT2D eigenvalue weighted by Gasteiger charge is -2.12. The number of benzene rings is 3. The molecular formula is C25H23FN2O4S. The molecule has 170 valence electrons. The summed E-state index contributed by atoms with van der Waals surface area (Å²) in [7, 11) is -3.31. The lowest BCUT2D eigenvalue weighted by atomic mass is 10.0. The average molecular weight is 467 g/mol. The van der Waals surface area contributed by atoms with Crippen LogP contribution in [0.25, 0.3) is 11.1 Å². The molecule has 0 saturated carbocycles. The highest BCUT2D eigenvalue weighted by molar-refractivity contribution is 7.91. The second-order valence-corrected chi connectivity index (χ2v) is 9.48. The summed E-state index contributed by atoms with van der Waals surface area (Å²) in [6, 6.07) is 17.2. The molecule has 0 aliphatic rings. The predicted octanol–water partition coefficient (Wildman–Crippen LogP) is 4.59. The highest BCUT2D eigenvalue weighted by atomic mass is 32.2. The van der Waals surface area contributed by atoms with E-state index in [9.17, 15) is 22.4 Å². The van der Waals surface area contributed by atoms with Crippen LogP contribution in [-0.4, -0.2) is 26.0 Å². The van der Waals surface area contributed by atoms with Crippen molar-refractivity contribution < 1.29 is 22.4 Å². The molecule has 0 spiro atoms. The minimum atomic E-state index is -3.31. The van der Waals surface area contributed by atoms with Gasteiger partial charge in [-0.3, -0.25) is 9.59 Å². The molecule has 8 heteroatoms. The van der Waals surface area contributed by atoms with Gasteiger partial charge in [0.1, 0.15) is 5.82 Å². The van der Waals surface area contributed by atoms with Gasteiger partial charge in [-0.2, -0.15) is 0 Å². The van der Waals surface area contributed by atoms with Gasteiger partial charge in [-0.05, 0) is 48.0 Å². The van der Waals surface area contributed by atoms with Crippen molar-refractivity contribution in [2.24, 2.45) is 0 Å². The summed E-state index contributed by atoms with van der Waals surface area (Å²) < 4.78 is 38.6. The van der Waals surface area contributed by atoms with Crippen LogP contribution in [0.4, 0.5) is 15.8 Å². The van der Waals surface area contributed by atoms with Gasteiger partial charge in [-0.1, -0.05) is 43.8 Å². The summed E-state index contributed by atoms with van der Waals surface area (Å²) in [5, 5.41) is 5.29. The second-order valence-electron chi connectivity index (χ2n) is 7.21. The summed E-state index contributed by atoms with van der Waals surface area (Å²) in [5.41, 5.74) is 2.10. The van der Waals surface area contributed by atoms with E-state index in [0.717, 1.165) is 6.08 Å².